The number of hydrogen-bond acceptors (Lipinski definition) is 7. The fraction of sp³-hybridized carbons (Fsp3) is 0.818. The van der Waals surface area contributed by atoms with Gasteiger partial charge in [-0.3, -0.25) is 9.59 Å². The quantitative estimate of drug-likeness (QED) is 0.189. The lowest BCUT2D eigenvalue weighted by atomic mass is 10.1. The molecular weight excluding hydrogens is 268 g/mol. The van der Waals surface area contributed by atoms with Crippen molar-refractivity contribution >= 4 is 11.9 Å². The number of carboxylic acids is 2. The van der Waals surface area contributed by atoms with Crippen LogP contribution in [-0.4, -0.2) is 52.5 Å². The van der Waals surface area contributed by atoms with Crippen LogP contribution in [0.5, 0.6) is 0 Å². The third-order valence-electron chi connectivity index (χ3n) is 2.44. The molecule has 0 unspecified atom stereocenters. The Kier molecular flexibility index (Phi) is 14.9. The van der Waals surface area contributed by atoms with Gasteiger partial charge >= 0.3 is 11.9 Å². The highest BCUT2D eigenvalue weighted by Crippen LogP contribution is 1.99. The van der Waals surface area contributed by atoms with Crippen LogP contribution >= 0.6 is 0 Å². The summed E-state index contributed by atoms with van der Waals surface area (Å²) in [6.07, 6.45) is 3.04. The Morgan fingerprint density at radius 3 is 1.85 bits per heavy atom. The first kappa shape index (κ1) is 21.0. The Morgan fingerprint density at radius 2 is 1.50 bits per heavy atom. The summed E-state index contributed by atoms with van der Waals surface area (Å²) in [5.74, 6) is -1.99. The number of nitrogens with two attached hydrogens (primary N) is 3. The Hall–Kier alpha value is -1.26. The van der Waals surface area contributed by atoms with E-state index in [0.717, 1.165) is 6.42 Å². The lowest BCUT2D eigenvalue weighted by molar-refractivity contribution is -0.142. The van der Waals surface area contributed by atoms with Crippen molar-refractivity contribution in [2.24, 2.45) is 17.2 Å². The second kappa shape index (κ2) is 14.2. The molecule has 9 nitrogen and oxygen atoms in total. The van der Waals surface area contributed by atoms with E-state index < -0.39 is 24.0 Å². The zero-order chi connectivity index (χ0) is 16.0. The summed E-state index contributed by atoms with van der Waals surface area (Å²) in [5.41, 5.74) is 17.2. The zero-order valence-electron chi connectivity index (χ0n) is 11.5. The average Bonchev–Trinajstić information content (AvgIpc) is 2.41. The fourth-order valence-corrected chi connectivity index (χ4v) is 1.20. The Bertz CT molecular complexity index is 265. The monoisotopic (exact) mass is 294 g/mol. The maximum atomic E-state index is 10.3. The van der Waals surface area contributed by atoms with Crippen molar-refractivity contribution in [2.45, 2.75) is 44.2 Å². The maximum Gasteiger partial charge on any atom is 0.323 e. The van der Waals surface area contributed by atoms with E-state index in [0.29, 0.717) is 38.8 Å². The molecule has 0 heterocycles. The largest absolute Gasteiger partial charge is 0.480 e. The molecule has 0 aromatic rings. The summed E-state index contributed by atoms with van der Waals surface area (Å²) in [5, 5.41) is 25.0. The molecule has 10 N–H and O–H groups in total. The molecule has 120 valence electrons. The van der Waals surface area contributed by atoms with Crippen LogP contribution in [0.3, 0.4) is 0 Å². The van der Waals surface area contributed by atoms with Crippen molar-refractivity contribution in [3.8, 4) is 0 Å². The first-order valence-corrected chi connectivity index (χ1v) is 6.41. The summed E-state index contributed by atoms with van der Waals surface area (Å²) in [7, 11) is 0. The van der Waals surface area contributed by atoms with E-state index in [1.54, 1.807) is 5.48 Å². The van der Waals surface area contributed by atoms with E-state index in [1.165, 1.54) is 0 Å². The smallest absolute Gasteiger partial charge is 0.323 e. The van der Waals surface area contributed by atoms with Crippen LogP contribution < -0.4 is 22.7 Å². The van der Waals surface area contributed by atoms with Crippen molar-refractivity contribution < 1.29 is 25.0 Å². The lowest BCUT2D eigenvalue weighted by Crippen LogP contribution is -2.34. The van der Waals surface area contributed by atoms with Gasteiger partial charge in [0.25, 0.3) is 0 Å². The van der Waals surface area contributed by atoms with Crippen LogP contribution in [0.4, 0.5) is 0 Å². The molecule has 0 saturated carbocycles. The highest BCUT2D eigenvalue weighted by atomic mass is 16.5. The van der Waals surface area contributed by atoms with Crippen molar-refractivity contribution in [3.05, 3.63) is 0 Å². The molecular formula is C11H26N4O5. The summed E-state index contributed by atoms with van der Waals surface area (Å²) in [4.78, 5) is 20.3. The molecule has 0 rings (SSSR count). The van der Waals surface area contributed by atoms with E-state index in [9.17, 15) is 9.59 Å². The van der Waals surface area contributed by atoms with Gasteiger partial charge in [0, 0.05) is 0 Å². The van der Waals surface area contributed by atoms with E-state index >= 15 is 0 Å². The number of hydrogen-bond donors (Lipinski definition) is 7. The topological polar surface area (TPSA) is 185 Å². The highest BCUT2D eigenvalue weighted by Gasteiger charge is 2.14. The number of aliphatic carboxylic acids is 2. The van der Waals surface area contributed by atoms with E-state index in [1.807, 2.05) is 0 Å². The summed E-state index contributed by atoms with van der Waals surface area (Å²) in [6, 6.07) is -1.60. The Morgan fingerprint density at radius 1 is 0.950 bits per heavy atom. The first-order chi connectivity index (χ1) is 9.40. The molecule has 9 heteroatoms. The van der Waals surface area contributed by atoms with Crippen molar-refractivity contribution in [3.63, 3.8) is 0 Å². The van der Waals surface area contributed by atoms with Gasteiger partial charge in [-0.25, -0.2) is 0 Å². The fourth-order valence-electron chi connectivity index (χ4n) is 1.20. The van der Waals surface area contributed by atoms with Gasteiger partial charge in [0.15, 0.2) is 0 Å². The minimum Gasteiger partial charge on any atom is -0.480 e. The molecule has 0 amide bonds. The second-order valence-electron chi connectivity index (χ2n) is 4.18. The van der Waals surface area contributed by atoms with Crippen molar-refractivity contribution in [1.82, 2.24) is 5.48 Å². The predicted octanol–water partition coefficient (Wildman–Crippen LogP) is -1.32. The third-order valence-corrected chi connectivity index (χ3v) is 2.44. The van der Waals surface area contributed by atoms with Crippen LogP contribution in [0, 0.1) is 0 Å². The summed E-state index contributed by atoms with van der Waals surface area (Å²) >= 11 is 0. The second-order valence-corrected chi connectivity index (χ2v) is 4.18. The molecule has 0 saturated heterocycles. The molecule has 0 bridgehead atoms. The molecule has 0 spiro atoms. The lowest BCUT2D eigenvalue weighted by Gasteiger charge is -2.08. The molecule has 0 aliphatic carbocycles. The molecule has 0 aliphatic rings. The van der Waals surface area contributed by atoms with Gasteiger partial charge in [-0.1, -0.05) is 0 Å². The molecule has 0 aromatic carbocycles. The summed E-state index contributed by atoms with van der Waals surface area (Å²) < 4.78 is 0. The van der Waals surface area contributed by atoms with E-state index in [4.69, 9.17) is 32.6 Å². The first-order valence-electron chi connectivity index (χ1n) is 6.41. The van der Waals surface area contributed by atoms with Crippen molar-refractivity contribution in [2.75, 3.05) is 13.1 Å². The number of carboxylic acid groups (broad SMARTS) is 2. The number of nitrogens with one attached hydrogen (secondary N) is 1. The SMILES string of the molecule is NCCCC[C@H](NO)C(=O)O.NCCC[C@H](N)C(=O)O. The van der Waals surface area contributed by atoms with Gasteiger partial charge in [0.2, 0.25) is 0 Å². The van der Waals surface area contributed by atoms with Gasteiger partial charge in [0.05, 0.1) is 0 Å². The Balaban J connectivity index is 0. The number of hydroxylamine groups is 1. The van der Waals surface area contributed by atoms with Gasteiger partial charge < -0.3 is 32.6 Å². The molecule has 2 atom stereocenters. The van der Waals surface area contributed by atoms with Gasteiger partial charge in [-0.15, -0.1) is 0 Å². The normalized spacial score (nSPS) is 13.0. The Labute approximate surface area is 118 Å². The molecule has 0 aromatic heterocycles. The minimum atomic E-state index is -1.04. The summed E-state index contributed by atoms with van der Waals surface area (Å²) in [6.45, 7) is 1.05. The molecule has 20 heavy (non-hydrogen) atoms. The zero-order valence-corrected chi connectivity index (χ0v) is 11.5. The molecule has 0 radical (unpaired) electrons. The number of rotatable bonds is 10. The van der Waals surface area contributed by atoms with Crippen LogP contribution in [0.2, 0.25) is 0 Å². The van der Waals surface area contributed by atoms with E-state index in [2.05, 4.69) is 0 Å². The molecule has 0 aliphatic heterocycles. The average molecular weight is 294 g/mol. The minimum absolute atomic E-state index is 0.406. The predicted molar refractivity (Wildman–Crippen MR) is 73.2 cm³/mol. The number of carbonyl (C=O) groups is 2. The molecule has 0 fully saturated rings. The standard InChI is InChI=1S/C6H14N2O3.C5H12N2O2/c7-4-2-1-3-5(8-11)6(9)10;6-3-1-2-4(7)5(8)9/h5,8,11H,1-4,7H2,(H,9,10);4H,1-3,6-7H2,(H,8,9)/t5-;4-/m00/s1. The third kappa shape index (κ3) is 13.2. The van der Waals surface area contributed by atoms with Crippen molar-refractivity contribution in [1.29, 1.82) is 0 Å². The number of unbranched alkanes of at least 4 members (excludes halogenated alkanes) is 1. The van der Waals surface area contributed by atoms with Crippen LogP contribution in [-0.2, 0) is 9.59 Å². The van der Waals surface area contributed by atoms with Crippen LogP contribution in [0.15, 0.2) is 0 Å². The van der Waals surface area contributed by atoms with Gasteiger partial charge in [-0.2, -0.15) is 5.48 Å². The van der Waals surface area contributed by atoms with Crippen LogP contribution in [0.25, 0.3) is 0 Å². The maximum absolute atomic E-state index is 10.3. The van der Waals surface area contributed by atoms with Crippen LogP contribution in [0.1, 0.15) is 32.1 Å². The van der Waals surface area contributed by atoms with Gasteiger partial charge in [0.1, 0.15) is 12.1 Å². The van der Waals surface area contributed by atoms with E-state index in [-0.39, 0.29) is 0 Å². The van der Waals surface area contributed by atoms with Gasteiger partial charge in [-0.05, 0) is 45.2 Å². The highest BCUT2D eigenvalue weighted by molar-refractivity contribution is 5.73.